The van der Waals surface area contributed by atoms with E-state index in [0.717, 1.165) is 24.2 Å². The van der Waals surface area contributed by atoms with E-state index in [-0.39, 0.29) is 11.0 Å². The average Bonchev–Trinajstić information content (AvgIpc) is 2.31. The van der Waals surface area contributed by atoms with Gasteiger partial charge in [-0.2, -0.15) is 0 Å². The Kier molecular flexibility index (Phi) is 5.82. The van der Waals surface area contributed by atoms with Crippen LogP contribution in [0.25, 0.3) is 0 Å². The smallest absolute Gasteiger partial charge is 0.240 e. The van der Waals surface area contributed by atoms with Crippen LogP contribution in [0.1, 0.15) is 39.2 Å². The van der Waals surface area contributed by atoms with Gasteiger partial charge in [0.15, 0.2) is 0 Å². The summed E-state index contributed by atoms with van der Waals surface area (Å²) in [5.74, 6) is 0.725. The molecular formula is C14H23NO3S. The molecule has 0 fully saturated rings. The molecule has 0 aromatic heterocycles. The second-order valence-corrected chi connectivity index (χ2v) is 6.61. The molecule has 0 unspecified atom stereocenters. The topological polar surface area (TPSA) is 55.4 Å². The Morgan fingerprint density at radius 2 is 2.00 bits per heavy atom. The molecule has 0 radical (unpaired) electrons. The molecule has 108 valence electrons. The van der Waals surface area contributed by atoms with Crippen molar-refractivity contribution < 1.29 is 13.2 Å². The lowest BCUT2D eigenvalue weighted by molar-refractivity contribution is 0.240. The quantitative estimate of drug-likeness (QED) is 0.784. The molecule has 0 atom stereocenters. The summed E-state index contributed by atoms with van der Waals surface area (Å²) < 4.78 is 32.3. The molecule has 5 heteroatoms. The van der Waals surface area contributed by atoms with E-state index in [4.69, 9.17) is 4.74 Å². The molecule has 0 saturated carbocycles. The minimum absolute atomic E-state index is 0.0730. The predicted octanol–water partition coefficient (Wildman–Crippen LogP) is 2.86. The Morgan fingerprint density at radius 3 is 2.53 bits per heavy atom. The van der Waals surface area contributed by atoms with E-state index in [1.807, 2.05) is 27.7 Å². The zero-order valence-corrected chi connectivity index (χ0v) is 12.9. The molecule has 0 aliphatic heterocycles. The van der Waals surface area contributed by atoms with Crippen molar-refractivity contribution in [1.29, 1.82) is 0 Å². The van der Waals surface area contributed by atoms with Crippen molar-refractivity contribution in [3.05, 3.63) is 23.8 Å². The van der Waals surface area contributed by atoms with Crippen LogP contribution in [-0.4, -0.2) is 21.1 Å². The van der Waals surface area contributed by atoms with E-state index < -0.39 is 10.0 Å². The van der Waals surface area contributed by atoms with Gasteiger partial charge in [0.05, 0.1) is 11.0 Å². The molecule has 0 spiro atoms. The molecule has 0 aliphatic rings. The first-order valence-electron chi connectivity index (χ1n) is 6.63. The number of ether oxygens (including phenoxy) is 1. The van der Waals surface area contributed by atoms with Gasteiger partial charge in [0.2, 0.25) is 10.0 Å². The van der Waals surface area contributed by atoms with Crippen LogP contribution in [0.2, 0.25) is 0 Å². The van der Waals surface area contributed by atoms with Crippen molar-refractivity contribution in [3.8, 4) is 5.75 Å². The Morgan fingerprint density at radius 1 is 1.32 bits per heavy atom. The third-order valence-corrected chi connectivity index (χ3v) is 4.10. The lowest BCUT2D eigenvalue weighted by atomic mass is 10.2. The van der Waals surface area contributed by atoms with Gasteiger partial charge < -0.3 is 4.74 Å². The molecule has 1 rings (SSSR count). The van der Waals surface area contributed by atoms with Crippen LogP contribution in [0.15, 0.2) is 23.1 Å². The Hall–Kier alpha value is -1.07. The van der Waals surface area contributed by atoms with Crippen LogP contribution in [0, 0.1) is 6.92 Å². The zero-order valence-electron chi connectivity index (χ0n) is 12.1. The van der Waals surface area contributed by atoms with Crippen LogP contribution in [0.5, 0.6) is 5.75 Å². The molecule has 1 N–H and O–H groups in total. The summed E-state index contributed by atoms with van der Waals surface area (Å²) in [5, 5.41) is 0. The van der Waals surface area contributed by atoms with Crippen LogP contribution in [0.4, 0.5) is 0 Å². The van der Waals surface area contributed by atoms with Crippen LogP contribution < -0.4 is 9.46 Å². The number of unbranched alkanes of at least 4 members (excludes halogenated alkanes) is 1. The zero-order chi connectivity index (χ0) is 14.5. The van der Waals surface area contributed by atoms with Gasteiger partial charge >= 0.3 is 0 Å². The number of nitrogens with one attached hydrogen (secondary N) is 1. The summed E-state index contributed by atoms with van der Waals surface area (Å²) in [6, 6.07) is 4.94. The standard InChI is InChI=1S/C14H23NO3S/c1-5-6-9-15-19(16,17)13-7-8-14(12(4)10-13)18-11(2)3/h7-8,10-11,15H,5-6,9H2,1-4H3. The predicted molar refractivity (Wildman–Crippen MR) is 77.0 cm³/mol. The number of rotatable bonds is 7. The second-order valence-electron chi connectivity index (χ2n) is 4.85. The molecule has 1 aromatic carbocycles. The van der Waals surface area contributed by atoms with Crippen molar-refractivity contribution in [2.24, 2.45) is 0 Å². The minimum atomic E-state index is -3.41. The van der Waals surface area contributed by atoms with Crippen LogP contribution in [0.3, 0.4) is 0 Å². The number of benzene rings is 1. The molecule has 0 heterocycles. The first-order chi connectivity index (χ1) is 8.86. The SMILES string of the molecule is CCCCNS(=O)(=O)c1ccc(OC(C)C)c(C)c1. The van der Waals surface area contributed by atoms with Gasteiger partial charge in [-0.15, -0.1) is 0 Å². The fraction of sp³-hybridized carbons (Fsp3) is 0.571. The summed E-state index contributed by atoms with van der Waals surface area (Å²) in [7, 11) is -3.41. The Bertz CT molecular complexity index is 509. The molecule has 4 nitrogen and oxygen atoms in total. The minimum Gasteiger partial charge on any atom is -0.491 e. The number of aryl methyl sites for hydroxylation is 1. The van der Waals surface area contributed by atoms with E-state index in [9.17, 15) is 8.42 Å². The Labute approximate surface area is 116 Å². The molecular weight excluding hydrogens is 262 g/mol. The highest BCUT2D eigenvalue weighted by Crippen LogP contribution is 2.22. The Balaban J connectivity index is 2.87. The lowest BCUT2D eigenvalue weighted by Crippen LogP contribution is -2.24. The normalized spacial score (nSPS) is 11.8. The van der Waals surface area contributed by atoms with E-state index in [2.05, 4.69) is 4.72 Å². The molecule has 0 aliphatic carbocycles. The van der Waals surface area contributed by atoms with E-state index in [1.54, 1.807) is 18.2 Å². The maximum Gasteiger partial charge on any atom is 0.240 e. The van der Waals surface area contributed by atoms with Gasteiger partial charge in [0.25, 0.3) is 0 Å². The first kappa shape index (κ1) is 16.0. The largest absolute Gasteiger partial charge is 0.491 e. The van der Waals surface area contributed by atoms with Crippen LogP contribution in [-0.2, 0) is 10.0 Å². The monoisotopic (exact) mass is 285 g/mol. The molecule has 1 aromatic rings. The van der Waals surface area contributed by atoms with Gasteiger partial charge in [-0.1, -0.05) is 13.3 Å². The molecule has 0 amide bonds. The highest BCUT2D eigenvalue weighted by molar-refractivity contribution is 7.89. The highest BCUT2D eigenvalue weighted by Gasteiger charge is 2.15. The van der Waals surface area contributed by atoms with Gasteiger partial charge in [0, 0.05) is 6.54 Å². The number of hydrogen-bond acceptors (Lipinski definition) is 3. The van der Waals surface area contributed by atoms with Crippen molar-refractivity contribution >= 4 is 10.0 Å². The van der Waals surface area contributed by atoms with Gasteiger partial charge in [-0.05, 0) is 51.0 Å². The maximum absolute atomic E-state index is 12.0. The molecule has 0 saturated heterocycles. The summed E-state index contributed by atoms with van der Waals surface area (Å²) in [5.41, 5.74) is 0.826. The average molecular weight is 285 g/mol. The van der Waals surface area contributed by atoms with E-state index in [0.29, 0.717) is 6.54 Å². The summed E-state index contributed by atoms with van der Waals surface area (Å²) in [6.07, 6.45) is 1.87. The first-order valence-corrected chi connectivity index (χ1v) is 8.12. The number of sulfonamides is 1. The third-order valence-electron chi connectivity index (χ3n) is 2.64. The maximum atomic E-state index is 12.0. The van der Waals surface area contributed by atoms with E-state index in [1.165, 1.54) is 0 Å². The fourth-order valence-electron chi connectivity index (χ4n) is 1.64. The van der Waals surface area contributed by atoms with Crippen molar-refractivity contribution in [2.75, 3.05) is 6.54 Å². The fourth-order valence-corrected chi connectivity index (χ4v) is 2.80. The summed E-state index contributed by atoms with van der Waals surface area (Å²) >= 11 is 0. The van der Waals surface area contributed by atoms with Crippen molar-refractivity contribution in [1.82, 2.24) is 4.72 Å². The van der Waals surface area contributed by atoms with Crippen LogP contribution >= 0.6 is 0 Å². The summed E-state index contributed by atoms with van der Waals surface area (Å²) in [6.45, 7) is 8.23. The van der Waals surface area contributed by atoms with Gasteiger partial charge in [0.1, 0.15) is 5.75 Å². The molecule has 19 heavy (non-hydrogen) atoms. The van der Waals surface area contributed by atoms with Crippen molar-refractivity contribution in [3.63, 3.8) is 0 Å². The highest BCUT2D eigenvalue weighted by atomic mass is 32.2. The molecule has 0 bridgehead atoms. The van der Waals surface area contributed by atoms with E-state index >= 15 is 0 Å². The lowest BCUT2D eigenvalue weighted by Gasteiger charge is -2.13. The second kappa shape index (κ2) is 6.91. The number of hydrogen-bond donors (Lipinski definition) is 1. The summed E-state index contributed by atoms with van der Waals surface area (Å²) in [4.78, 5) is 0.289. The van der Waals surface area contributed by atoms with Gasteiger partial charge in [-0.25, -0.2) is 13.1 Å². The third kappa shape index (κ3) is 4.84. The van der Waals surface area contributed by atoms with Gasteiger partial charge in [-0.3, -0.25) is 0 Å². The van der Waals surface area contributed by atoms with Crippen molar-refractivity contribution in [2.45, 2.75) is 51.5 Å².